The molecule has 42 valence electrons. The monoisotopic (exact) mass is 111 g/mol. The number of carbonyl (C=O) groups excluding carboxylic acids is 1. The highest BCUT2D eigenvalue weighted by atomic mass is 16.2. The number of carbonyl (C=O) groups is 1. The number of hydrogen-bond donors (Lipinski definition) is 1. The lowest BCUT2D eigenvalue weighted by molar-refractivity contribution is -0.120. The van der Waals surface area contributed by atoms with E-state index in [1.165, 1.54) is 5.01 Å². The number of nitrogens with one attached hydrogen (secondary N) is 1. The molecule has 0 unspecified atom stereocenters. The first kappa shape index (κ1) is 4.91. The van der Waals surface area contributed by atoms with Crippen LogP contribution in [0.1, 0.15) is 6.42 Å². The fourth-order valence-electron chi connectivity index (χ4n) is 0.551. The average Bonchev–Trinajstić information content (AvgIpc) is 2.14. The van der Waals surface area contributed by atoms with Gasteiger partial charge in [-0.2, -0.15) is 5.26 Å². The number of rotatable bonds is 0. The number of nitriles is 1. The summed E-state index contributed by atoms with van der Waals surface area (Å²) < 4.78 is 0. The molecule has 0 aliphatic carbocycles. The van der Waals surface area contributed by atoms with E-state index < -0.39 is 0 Å². The highest BCUT2D eigenvalue weighted by Crippen LogP contribution is 1.93. The van der Waals surface area contributed by atoms with E-state index in [2.05, 4.69) is 5.43 Å². The molecule has 0 bridgehead atoms. The Labute approximate surface area is 46.7 Å². The van der Waals surface area contributed by atoms with Gasteiger partial charge in [0, 0.05) is 6.42 Å². The van der Waals surface area contributed by atoms with Crippen LogP contribution in [-0.4, -0.2) is 17.5 Å². The Balaban J connectivity index is 2.47. The molecule has 0 atom stereocenters. The molecule has 1 fully saturated rings. The first-order valence-corrected chi connectivity index (χ1v) is 2.29. The maximum Gasteiger partial charge on any atom is 0.240 e. The van der Waals surface area contributed by atoms with Crippen molar-refractivity contribution < 1.29 is 4.79 Å². The van der Waals surface area contributed by atoms with Crippen LogP contribution in [0, 0.1) is 11.5 Å². The van der Waals surface area contributed by atoms with E-state index in [4.69, 9.17) is 5.26 Å². The van der Waals surface area contributed by atoms with Crippen LogP contribution in [0.5, 0.6) is 0 Å². The summed E-state index contributed by atoms with van der Waals surface area (Å²) in [6.07, 6.45) is 2.23. The standard InChI is InChI=1S/C4H5N3O/c5-3-7-2-1-4(8)6-7/h1-2H2,(H,6,8). The Morgan fingerprint density at radius 2 is 2.62 bits per heavy atom. The third-order valence-corrected chi connectivity index (χ3v) is 0.943. The van der Waals surface area contributed by atoms with Crippen molar-refractivity contribution in [2.75, 3.05) is 6.54 Å². The SMILES string of the molecule is N#CN1CCC(=O)N1. The number of amides is 1. The molecule has 0 aromatic carbocycles. The fourth-order valence-corrected chi connectivity index (χ4v) is 0.551. The number of nitrogens with zero attached hydrogens (tertiary/aromatic N) is 2. The van der Waals surface area contributed by atoms with Crippen LogP contribution >= 0.6 is 0 Å². The number of hydrazine groups is 1. The van der Waals surface area contributed by atoms with E-state index in [1.54, 1.807) is 6.19 Å². The Bertz CT molecular complexity index is 148. The minimum Gasteiger partial charge on any atom is -0.273 e. The van der Waals surface area contributed by atoms with E-state index in [1.807, 2.05) is 0 Å². The molecule has 1 heterocycles. The third-order valence-electron chi connectivity index (χ3n) is 0.943. The number of hydrogen-bond acceptors (Lipinski definition) is 3. The van der Waals surface area contributed by atoms with Gasteiger partial charge in [-0.05, 0) is 0 Å². The largest absolute Gasteiger partial charge is 0.273 e. The molecular weight excluding hydrogens is 106 g/mol. The van der Waals surface area contributed by atoms with Crippen LogP contribution < -0.4 is 5.43 Å². The van der Waals surface area contributed by atoms with Gasteiger partial charge in [-0.1, -0.05) is 0 Å². The highest BCUT2D eigenvalue weighted by molar-refractivity contribution is 5.77. The van der Waals surface area contributed by atoms with Gasteiger partial charge in [0.15, 0.2) is 6.19 Å². The van der Waals surface area contributed by atoms with Gasteiger partial charge in [0.05, 0.1) is 6.54 Å². The van der Waals surface area contributed by atoms with Crippen molar-refractivity contribution in [3.8, 4) is 6.19 Å². The summed E-state index contributed by atoms with van der Waals surface area (Å²) in [4.78, 5) is 10.3. The molecule has 8 heavy (non-hydrogen) atoms. The van der Waals surface area contributed by atoms with Gasteiger partial charge in [0.25, 0.3) is 0 Å². The van der Waals surface area contributed by atoms with E-state index in [-0.39, 0.29) is 5.91 Å². The normalized spacial score (nSPS) is 17.9. The van der Waals surface area contributed by atoms with Crippen molar-refractivity contribution in [3.05, 3.63) is 0 Å². The Hall–Kier alpha value is -1.24. The molecule has 0 radical (unpaired) electrons. The predicted octanol–water partition coefficient (Wildman–Crippen LogP) is -0.796. The molecule has 1 aliphatic heterocycles. The van der Waals surface area contributed by atoms with Crippen molar-refractivity contribution in [2.24, 2.45) is 0 Å². The molecule has 1 rings (SSSR count). The summed E-state index contributed by atoms with van der Waals surface area (Å²) in [5.41, 5.74) is 2.34. The lowest BCUT2D eigenvalue weighted by Gasteiger charge is -2.01. The van der Waals surface area contributed by atoms with Crippen LogP contribution in [0.15, 0.2) is 0 Å². The summed E-state index contributed by atoms with van der Waals surface area (Å²) in [5.74, 6) is -0.0773. The van der Waals surface area contributed by atoms with Crippen molar-refractivity contribution >= 4 is 5.91 Å². The van der Waals surface area contributed by atoms with Crippen LogP contribution in [0.3, 0.4) is 0 Å². The van der Waals surface area contributed by atoms with E-state index >= 15 is 0 Å². The van der Waals surface area contributed by atoms with Gasteiger partial charge in [-0.25, -0.2) is 5.01 Å². The Kier molecular flexibility index (Phi) is 1.04. The molecule has 4 heteroatoms. The zero-order chi connectivity index (χ0) is 5.98. The van der Waals surface area contributed by atoms with E-state index in [9.17, 15) is 4.79 Å². The van der Waals surface area contributed by atoms with Crippen molar-refractivity contribution in [3.63, 3.8) is 0 Å². The lowest BCUT2D eigenvalue weighted by Crippen LogP contribution is -2.28. The Morgan fingerprint density at radius 3 is 2.88 bits per heavy atom. The fraction of sp³-hybridized carbons (Fsp3) is 0.500. The predicted molar refractivity (Wildman–Crippen MR) is 25.1 cm³/mol. The maximum absolute atomic E-state index is 10.3. The van der Waals surface area contributed by atoms with E-state index in [0.717, 1.165) is 0 Å². The molecule has 1 aliphatic rings. The summed E-state index contributed by atoms with van der Waals surface area (Å²) in [6.45, 7) is 0.509. The lowest BCUT2D eigenvalue weighted by atomic mass is 10.4. The van der Waals surface area contributed by atoms with Gasteiger partial charge in [0.1, 0.15) is 0 Å². The van der Waals surface area contributed by atoms with Gasteiger partial charge in [-0.15, -0.1) is 0 Å². The molecule has 0 aromatic heterocycles. The second-order valence-corrected chi connectivity index (χ2v) is 1.54. The highest BCUT2D eigenvalue weighted by Gasteiger charge is 2.15. The summed E-state index contributed by atoms with van der Waals surface area (Å²) >= 11 is 0. The summed E-state index contributed by atoms with van der Waals surface area (Å²) in [7, 11) is 0. The first-order valence-electron chi connectivity index (χ1n) is 2.29. The van der Waals surface area contributed by atoms with Crippen molar-refractivity contribution in [1.82, 2.24) is 10.4 Å². The second kappa shape index (κ2) is 1.70. The molecule has 0 aromatic rings. The van der Waals surface area contributed by atoms with Crippen LogP contribution in [0.4, 0.5) is 0 Å². The first-order chi connectivity index (χ1) is 3.83. The molecule has 0 saturated carbocycles. The van der Waals surface area contributed by atoms with Gasteiger partial charge in [0.2, 0.25) is 5.91 Å². The molecular formula is C4H5N3O. The zero-order valence-electron chi connectivity index (χ0n) is 4.22. The smallest absolute Gasteiger partial charge is 0.240 e. The average molecular weight is 111 g/mol. The van der Waals surface area contributed by atoms with Gasteiger partial charge >= 0.3 is 0 Å². The van der Waals surface area contributed by atoms with Crippen LogP contribution in [0.2, 0.25) is 0 Å². The topological polar surface area (TPSA) is 56.1 Å². The minimum absolute atomic E-state index is 0.0773. The molecule has 0 spiro atoms. The van der Waals surface area contributed by atoms with Gasteiger partial charge in [-0.3, -0.25) is 10.2 Å². The molecule has 1 N–H and O–H groups in total. The van der Waals surface area contributed by atoms with Gasteiger partial charge < -0.3 is 0 Å². The molecule has 1 saturated heterocycles. The van der Waals surface area contributed by atoms with Crippen LogP contribution in [0.25, 0.3) is 0 Å². The summed E-state index contributed by atoms with van der Waals surface area (Å²) in [6, 6.07) is 0. The zero-order valence-corrected chi connectivity index (χ0v) is 4.22. The van der Waals surface area contributed by atoms with Crippen molar-refractivity contribution in [2.45, 2.75) is 6.42 Å². The quantitative estimate of drug-likeness (QED) is 0.416. The second-order valence-electron chi connectivity index (χ2n) is 1.54. The maximum atomic E-state index is 10.3. The van der Waals surface area contributed by atoms with Crippen LogP contribution in [-0.2, 0) is 4.79 Å². The Morgan fingerprint density at radius 1 is 1.88 bits per heavy atom. The minimum atomic E-state index is -0.0773. The van der Waals surface area contributed by atoms with E-state index in [0.29, 0.717) is 13.0 Å². The third kappa shape index (κ3) is 0.706. The molecule has 4 nitrogen and oxygen atoms in total. The molecule has 1 amide bonds. The summed E-state index contributed by atoms with van der Waals surface area (Å²) in [5, 5.41) is 9.36. The van der Waals surface area contributed by atoms with Crippen molar-refractivity contribution in [1.29, 1.82) is 5.26 Å².